The first-order chi connectivity index (χ1) is 18.7. The van der Waals surface area contributed by atoms with Gasteiger partial charge in [0.2, 0.25) is 5.43 Å². The summed E-state index contributed by atoms with van der Waals surface area (Å²) in [6.45, 7) is 14.6. The summed E-state index contributed by atoms with van der Waals surface area (Å²) >= 11 is 0. The molecule has 218 valence electrons. The number of methoxy groups -OCH3 is 1. The number of aromatic nitrogens is 1. The summed E-state index contributed by atoms with van der Waals surface area (Å²) < 4.78 is 26.3. The van der Waals surface area contributed by atoms with E-state index >= 15 is 0 Å². The van der Waals surface area contributed by atoms with Crippen molar-refractivity contribution >= 4 is 30.9 Å². The third kappa shape index (κ3) is 6.93. The van der Waals surface area contributed by atoms with E-state index in [-0.39, 0.29) is 35.0 Å². The number of carbonyl (C=O) groups excluding carboxylic acids is 1. The quantitative estimate of drug-likeness (QED) is 0.182. The molecule has 2 N–H and O–H groups in total. The molecule has 0 amide bonds. The number of nitrogens with zero attached hydrogens (tertiary/aromatic N) is 1. The maximum atomic E-state index is 13.6. The van der Waals surface area contributed by atoms with Crippen LogP contribution in [0.4, 0.5) is 10.1 Å². The monoisotopic (exact) mass is 570 g/mol. The fraction of sp³-hybridized carbons (Fsp3) is 0.484. The second-order valence-corrected chi connectivity index (χ2v) is 16.3. The van der Waals surface area contributed by atoms with Gasteiger partial charge in [0, 0.05) is 30.2 Å². The highest BCUT2D eigenvalue weighted by atomic mass is 28.4. The number of hydrogen-bond donors (Lipinski definition) is 2. The van der Waals surface area contributed by atoms with E-state index in [0.717, 1.165) is 18.4 Å². The van der Waals surface area contributed by atoms with E-state index < -0.39 is 19.7 Å². The minimum atomic E-state index is -2.43. The lowest BCUT2D eigenvalue weighted by molar-refractivity contribution is 0.0523. The van der Waals surface area contributed by atoms with Crippen molar-refractivity contribution in [3.63, 3.8) is 0 Å². The highest BCUT2D eigenvalue weighted by Gasteiger charge is 2.38. The third-order valence-corrected chi connectivity index (χ3v) is 11.7. The molecule has 0 aliphatic rings. The molecule has 7 nitrogen and oxygen atoms in total. The van der Waals surface area contributed by atoms with Crippen molar-refractivity contribution in [2.24, 2.45) is 5.92 Å². The van der Waals surface area contributed by atoms with Crippen LogP contribution in [0.15, 0.2) is 47.4 Å². The van der Waals surface area contributed by atoms with Gasteiger partial charge in [0.05, 0.1) is 24.9 Å². The molecule has 0 unspecified atom stereocenters. The standard InChI is InChI=1S/C31H43FN2O5Si/c1-9-39-30(36)24-19-34(26(20(2)3)14-15-31(4,5)40(7,8)37)27-17-28(38-6)25(16-23(27)29(24)35)33-18-21-10-12-22(32)13-11-21/h10-13,16-17,19-20,26,33,37H,9,14-15,18H2,1-8H3/t26-/m1/s1. The molecule has 0 radical (unpaired) electrons. The Kier molecular flexibility index (Phi) is 9.84. The Morgan fingerprint density at radius 2 is 1.82 bits per heavy atom. The molecule has 0 bridgehead atoms. The van der Waals surface area contributed by atoms with Crippen LogP contribution in [0.1, 0.15) is 69.4 Å². The SMILES string of the molecule is CCOC(=O)c1cn([C@H](CCC(C)(C)[Si](C)(C)O)C(C)C)c2cc(OC)c(NCc3ccc(F)cc3)cc2c1=O. The van der Waals surface area contributed by atoms with E-state index in [1.54, 1.807) is 38.4 Å². The first-order valence-electron chi connectivity index (χ1n) is 13.8. The second kappa shape index (κ2) is 12.6. The molecule has 0 spiro atoms. The lowest BCUT2D eigenvalue weighted by Gasteiger charge is -2.37. The van der Waals surface area contributed by atoms with Gasteiger partial charge in [-0.2, -0.15) is 0 Å². The third-order valence-electron chi connectivity index (χ3n) is 8.09. The molecule has 0 saturated heterocycles. The molecule has 3 rings (SSSR count). The fourth-order valence-electron chi connectivity index (χ4n) is 4.72. The summed E-state index contributed by atoms with van der Waals surface area (Å²) in [5, 5.41) is 3.43. The Bertz CT molecular complexity index is 1390. The van der Waals surface area contributed by atoms with Gasteiger partial charge in [0.1, 0.15) is 17.1 Å². The first-order valence-corrected chi connectivity index (χ1v) is 16.8. The summed E-state index contributed by atoms with van der Waals surface area (Å²) in [6.07, 6.45) is 3.14. The number of esters is 1. The van der Waals surface area contributed by atoms with Gasteiger partial charge < -0.3 is 24.2 Å². The highest BCUT2D eigenvalue weighted by molar-refractivity contribution is 6.72. The van der Waals surface area contributed by atoms with E-state index in [4.69, 9.17) is 9.47 Å². The Morgan fingerprint density at radius 3 is 2.38 bits per heavy atom. The van der Waals surface area contributed by atoms with E-state index in [0.29, 0.717) is 28.9 Å². The van der Waals surface area contributed by atoms with Crippen LogP contribution in [0.25, 0.3) is 10.9 Å². The van der Waals surface area contributed by atoms with Gasteiger partial charge in [-0.3, -0.25) is 4.79 Å². The van der Waals surface area contributed by atoms with E-state index in [1.807, 2.05) is 23.7 Å². The molecular weight excluding hydrogens is 527 g/mol. The summed E-state index contributed by atoms with van der Waals surface area (Å²) in [5.41, 5.74) is 1.66. The van der Waals surface area contributed by atoms with Gasteiger partial charge >= 0.3 is 5.97 Å². The normalized spacial score (nSPS) is 13.0. The molecule has 1 heterocycles. The zero-order valence-corrected chi connectivity index (χ0v) is 25.9. The molecule has 1 atom stereocenters. The number of carbonyl (C=O) groups is 1. The van der Waals surface area contributed by atoms with Crippen molar-refractivity contribution in [3.8, 4) is 5.75 Å². The minimum Gasteiger partial charge on any atom is -0.495 e. The number of hydrogen-bond acceptors (Lipinski definition) is 6. The average molecular weight is 571 g/mol. The summed E-state index contributed by atoms with van der Waals surface area (Å²) in [5.74, 6) is -0.265. The maximum absolute atomic E-state index is 13.6. The molecule has 0 aliphatic carbocycles. The molecule has 1 aromatic heterocycles. The van der Waals surface area contributed by atoms with Gasteiger partial charge in [0.15, 0.2) is 8.32 Å². The number of ether oxygens (including phenoxy) is 2. The van der Waals surface area contributed by atoms with Crippen LogP contribution >= 0.6 is 0 Å². The second-order valence-electron chi connectivity index (χ2n) is 11.8. The number of benzene rings is 2. The summed E-state index contributed by atoms with van der Waals surface area (Å²) in [7, 11) is -0.869. The zero-order valence-electron chi connectivity index (χ0n) is 24.9. The topological polar surface area (TPSA) is 89.8 Å². The summed E-state index contributed by atoms with van der Waals surface area (Å²) in [6, 6.07) is 9.64. The average Bonchev–Trinajstić information content (AvgIpc) is 2.88. The highest BCUT2D eigenvalue weighted by Crippen LogP contribution is 2.43. The predicted molar refractivity (Wildman–Crippen MR) is 161 cm³/mol. The Labute approximate surface area is 237 Å². The van der Waals surface area contributed by atoms with Crippen molar-refractivity contribution in [1.29, 1.82) is 0 Å². The Balaban J connectivity index is 2.17. The molecule has 0 aliphatic heterocycles. The maximum Gasteiger partial charge on any atom is 0.343 e. The van der Waals surface area contributed by atoms with Crippen LogP contribution in [0.2, 0.25) is 18.1 Å². The largest absolute Gasteiger partial charge is 0.495 e. The number of anilines is 1. The Hall–Kier alpha value is -3.17. The smallest absolute Gasteiger partial charge is 0.343 e. The molecule has 2 aromatic carbocycles. The van der Waals surface area contributed by atoms with E-state index in [1.165, 1.54) is 12.1 Å². The summed E-state index contributed by atoms with van der Waals surface area (Å²) in [4.78, 5) is 37.4. The van der Waals surface area contributed by atoms with Crippen molar-refractivity contribution in [3.05, 3.63) is 69.8 Å². The lowest BCUT2D eigenvalue weighted by Crippen LogP contribution is -2.39. The number of fused-ring (bicyclic) bond motifs is 1. The van der Waals surface area contributed by atoms with Crippen LogP contribution < -0.4 is 15.5 Å². The molecule has 40 heavy (non-hydrogen) atoms. The molecule has 0 saturated carbocycles. The van der Waals surface area contributed by atoms with Gasteiger partial charge in [-0.1, -0.05) is 39.8 Å². The number of nitrogens with one attached hydrogen (secondary N) is 1. The van der Waals surface area contributed by atoms with Crippen LogP contribution in [-0.4, -0.2) is 37.4 Å². The van der Waals surface area contributed by atoms with Gasteiger partial charge in [-0.05, 0) is 67.6 Å². The zero-order chi connectivity index (χ0) is 29.8. The lowest BCUT2D eigenvalue weighted by atomic mass is 9.93. The van der Waals surface area contributed by atoms with E-state index in [9.17, 15) is 18.8 Å². The molecule has 9 heteroatoms. The van der Waals surface area contributed by atoms with Crippen LogP contribution in [-0.2, 0) is 11.3 Å². The fourth-order valence-corrected chi connectivity index (χ4v) is 5.48. The molecule has 0 fully saturated rings. The first kappa shape index (κ1) is 31.4. The van der Waals surface area contributed by atoms with Crippen LogP contribution in [0.3, 0.4) is 0 Å². The number of halogens is 1. The van der Waals surface area contributed by atoms with Crippen molar-refractivity contribution in [2.75, 3.05) is 19.0 Å². The van der Waals surface area contributed by atoms with Crippen molar-refractivity contribution in [1.82, 2.24) is 4.57 Å². The van der Waals surface area contributed by atoms with Crippen molar-refractivity contribution < 1.29 is 23.5 Å². The van der Waals surface area contributed by atoms with Crippen LogP contribution in [0.5, 0.6) is 5.75 Å². The van der Waals surface area contributed by atoms with Gasteiger partial charge in [-0.15, -0.1) is 0 Å². The molecular formula is C31H43FN2O5Si. The number of rotatable bonds is 12. The minimum absolute atomic E-state index is 0.0224. The van der Waals surface area contributed by atoms with E-state index in [2.05, 4.69) is 33.0 Å². The van der Waals surface area contributed by atoms with Crippen molar-refractivity contribution in [2.45, 2.75) is 78.2 Å². The van der Waals surface area contributed by atoms with Crippen LogP contribution in [0, 0.1) is 11.7 Å². The molecule has 3 aromatic rings. The van der Waals surface area contributed by atoms with Gasteiger partial charge in [0.25, 0.3) is 0 Å². The Morgan fingerprint density at radius 1 is 1.18 bits per heavy atom. The number of pyridine rings is 1. The van der Waals surface area contributed by atoms with Gasteiger partial charge in [-0.25, -0.2) is 9.18 Å². The predicted octanol–water partition coefficient (Wildman–Crippen LogP) is 6.89.